The molecule has 2 aromatic carbocycles. The molecule has 108 valence electrons. The van der Waals surface area contributed by atoms with Crippen LogP contribution in [0.3, 0.4) is 0 Å². The Labute approximate surface area is 125 Å². The van der Waals surface area contributed by atoms with Gasteiger partial charge in [-0.1, -0.05) is 24.3 Å². The monoisotopic (exact) mass is 292 g/mol. The van der Waals surface area contributed by atoms with Gasteiger partial charge in [-0.3, -0.25) is 0 Å². The molecule has 4 rings (SSSR count). The topological polar surface area (TPSA) is 68.1 Å². The smallest absolute Gasteiger partial charge is 0.341 e. The summed E-state index contributed by atoms with van der Waals surface area (Å²) in [6.07, 6.45) is 0. The van der Waals surface area contributed by atoms with Gasteiger partial charge in [0.05, 0.1) is 7.11 Å². The second kappa shape index (κ2) is 4.73. The summed E-state index contributed by atoms with van der Waals surface area (Å²) in [4.78, 5) is 19.5. The number of hydrogen-bond acceptors (Lipinski definition) is 4. The summed E-state index contributed by atoms with van der Waals surface area (Å²) in [6.45, 7) is 0. The van der Waals surface area contributed by atoms with E-state index in [4.69, 9.17) is 9.15 Å². The van der Waals surface area contributed by atoms with E-state index in [9.17, 15) is 4.79 Å². The van der Waals surface area contributed by atoms with E-state index in [1.54, 1.807) is 18.2 Å². The maximum atomic E-state index is 11.8. The lowest BCUT2D eigenvalue weighted by Gasteiger charge is -1.97. The van der Waals surface area contributed by atoms with Gasteiger partial charge in [0.1, 0.15) is 16.8 Å². The van der Waals surface area contributed by atoms with Crippen molar-refractivity contribution in [2.45, 2.75) is 0 Å². The number of fused-ring (bicyclic) bond motifs is 2. The van der Waals surface area contributed by atoms with Crippen molar-refractivity contribution < 1.29 is 13.9 Å². The van der Waals surface area contributed by atoms with E-state index in [1.807, 2.05) is 30.3 Å². The molecule has 0 spiro atoms. The van der Waals surface area contributed by atoms with Crippen molar-refractivity contribution in [1.82, 2.24) is 9.97 Å². The Morgan fingerprint density at radius 2 is 2.05 bits per heavy atom. The Balaban J connectivity index is 1.90. The maximum Gasteiger partial charge on any atom is 0.341 e. The van der Waals surface area contributed by atoms with Crippen molar-refractivity contribution >= 4 is 28.0 Å². The fraction of sp³-hybridized carbons (Fsp3) is 0.0588. The van der Waals surface area contributed by atoms with Crippen molar-refractivity contribution in [2.75, 3.05) is 7.11 Å². The summed E-state index contributed by atoms with van der Waals surface area (Å²) in [5.41, 5.74) is 3.20. The highest BCUT2D eigenvalue weighted by Gasteiger charge is 2.17. The minimum absolute atomic E-state index is 0.370. The van der Waals surface area contributed by atoms with Crippen molar-refractivity contribution in [3.8, 4) is 11.6 Å². The van der Waals surface area contributed by atoms with Crippen LogP contribution in [0.5, 0.6) is 0 Å². The second-order valence-electron chi connectivity index (χ2n) is 4.93. The molecule has 22 heavy (non-hydrogen) atoms. The molecule has 2 aromatic heterocycles. The highest BCUT2D eigenvalue weighted by molar-refractivity contribution is 6.01. The number of benzene rings is 2. The molecule has 0 bridgehead atoms. The van der Waals surface area contributed by atoms with Crippen LogP contribution in [0.15, 0.2) is 52.9 Å². The molecular weight excluding hydrogens is 280 g/mol. The number of nitrogens with zero attached hydrogens (tertiary/aromatic N) is 1. The van der Waals surface area contributed by atoms with Gasteiger partial charge in [-0.05, 0) is 24.3 Å². The Morgan fingerprint density at radius 1 is 1.18 bits per heavy atom. The van der Waals surface area contributed by atoms with Crippen LogP contribution in [-0.2, 0) is 4.74 Å². The molecular formula is C17H12N2O3. The summed E-state index contributed by atoms with van der Waals surface area (Å²) in [5, 5.41) is 1.08. The summed E-state index contributed by atoms with van der Waals surface area (Å²) in [6, 6.07) is 15.1. The van der Waals surface area contributed by atoms with Gasteiger partial charge in [-0.2, -0.15) is 0 Å². The van der Waals surface area contributed by atoms with Gasteiger partial charge in [-0.25, -0.2) is 9.78 Å². The van der Waals surface area contributed by atoms with Crippen LogP contribution < -0.4 is 0 Å². The maximum absolute atomic E-state index is 11.8. The first-order chi connectivity index (χ1) is 10.8. The van der Waals surface area contributed by atoms with E-state index < -0.39 is 5.97 Å². The van der Waals surface area contributed by atoms with E-state index in [2.05, 4.69) is 9.97 Å². The van der Waals surface area contributed by atoms with Gasteiger partial charge in [-0.15, -0.1) is 0 Å². The van der Waals surface area contributed by atoms with Gasteiger partial charge in [0.25, 0.3) is 0 Å². The molecule has 0 fully saturated rings. The summed E-state index contributed by atoms with van der Waals surface area (Å²) < 4.78 is 10.6. The average molecular weight is 292 g/mol. The number of aromatic nitrogens is 2. The van der Waals surface area contributed by atoms with Crippen LogP contribution >= 0.6 is 0 Å². The molecule has 0 saturated heterocycles. The molecule has 0 amide bonds. The zero-order valence-corrected chi connectivity index (χ0v) is 11.8. The van der Waals surface area contributed by atoms with Crippen LogP contribution in [0.1, 0.15) is 10.4 Å². The fourth-order valence-corrected chi connectivity index (χ4v) is 2.52. The number of aromatic amines is 1. The quantitative estimate of drug-likeness (QED) is 0.571. The zero-order chi connectivity index (χ0) is 15.1. The third-order valence-electron chi connectivity index (χ3n) is 3.58. The Bertz CT molecular complexity index is 964. The highest BCUT2D eigenvalue weighted by atomic mass is 16.5. The number of ether oxygens (including phenoxy) is 1. The number of H-pyrrole nitrogens is 1. The molecule has 5 nitrogen and oxygen atoms in total. The molecule has 1 N–H and O–H groups in total. The van der Waals surface area contributed by atoms with E-state index in [-0.39, 0.29) is 0 Å². The number of nitrogens with one attached hydrogen (secondary N) is 1. The highest BCUT2D eigenvalue weighted by Crippen LogP contribution is 2.28. The van der Waals surface area contributed by atoms with Crippen LogP contribution in [0.25, 0.3) is 33.6 Å². The summed E-state index contributed by atoms with van der Waals surface area (Å²) >= 11 is 0. The molecule has 5 heteroatoms. The predicted octanol–water partition coefficient (Wildman–Crippen LogP) is 3.76. The Hall–Kier alpha value is -3.08. The van der Waals surface area contributed by atoms with E-state index in [0.717, 1.165) is 16.6 Å². The largest absolute Gasteiger partial charge is 0.465 e. The van der Waals surface area contributed by atoms with Crippen molar-refractivity contribution in [2.24, 2.45) is 0 Å². The van der Waals surface area contributed by atoms with Gasteiger partial charge >= 0.3 is 5.97 Å². The van der Waals surface area contributed by atoms with E-state index in [1.165, 1.54) is 7.11 Å². The van der Waals surface area contributed by atoms with E-state index >= 15 is 0 Å². The van der Waals surface area contributed by atoms with E-state index in [0.29, 0.717) is 22.6 Å². The van der Waals surface area contributed by atoms with Crippen LogP contribution in [0.2, 0.25) is 0 Å². The number of esters is 1. The number of oxazole rings is 1. The second-order valence-corrected chi connectivity index (χ2v) is 4.93. The molecule has 0 radical (unpaired) electrons. The molecule has 0 aliphatic heterocycles. The SMILES string of the molecule is COC(=O)c1cccc2nc(-c3cc4ccccc4[nH]3)oc12. The first kappa shape index (κ1) is 12.6. The molecule has 4 aromatic rings. The number of carbonyl (C=O) groups excluding carboxylic acids is 1. The third-order valence-corrected chi connectivity index (χ3v) is 3.58. The molecule has 2 heterocycles. The van der Waals surface area contributed by atoms with Gasteiger partial charge in [0.2, 0.25) is 5.89 Å². The lowest BCUT2D eigenvalue weighted by Crippen LogP contribution is -2.00. The Kier molecular flexibility index (Phi) is 2.72. The first-order valence-corrected chi connectivity index (χ1v) is 6.82. The number of carbonyl (C=O) groups is 1. The number of methoxy groups -OCH3 is 1. The van der Waals surface area contributed by atoms with Gasteiger partial charge in [0.15, 0.2) is 5.58 Å². The average Bonchev–Trinajstić information content (AvgIpc) is 3.16. The standard InChI is InChI=1S/C17H12N2O3/c1-21-17(20)11-6-4-8-13-15(11)22-16(19-13)14-9-10-5-2-3-7-12(10)18-14/h2-9,18H,1H3. The summed E-state index contributed by atoms with van der Waals surface area (Å²) in [5.74, 6) is 0.00694. The molecule has 0 aliphatic carbocycles. The molecule has 0 unspecified atom stereocenters. The number of hydrogen-bond donors (Lipinski definition) is 1. The van der Waals surface area contributed by atoms with Crippen LogP contribution in [0, 0.1) is 0 Å². The van der Waals surface area contributed by atoms with Gasteiger partial charge < -0.3 is 14.1 Å². The molecule has 0 saturated carbocycles. The van der Waals surface area contributed by atoms with Crippen molar-refractivity contribution in [3.63, 3.8) is 0 Å². The zero-order valence-electron chi connectivity index (χ0n) is 11.8. The lowest BCUT2D eigenvalue weighted by molar-refractivity contribution is 0.0602. The molecule has 0 atom stereocenters. The number of rotatable bonds is 2. The third kappa shape index (κ3) is 1.87. The minimum atomic E-state index is -0.440. The lowest BCUT2D eigenvalue weighted by atomic mass is 10.2. The number of para-hydroxylation sites is 2. The predicted molar refractivity (Wildman–Crippen MR) is 82.6 cm³/mol. The summed E-state index contributed by atoms with van der Waals surface area (Å²) in [7, 11) is 1.34. The van der Waals surface area contributed by atoms with Crippen LogP contribution in [-0.4, -0.2) is 23.0 Å². The Morgan fingerprint density at radius 3 is 2.86 bits per heavy atom. The van der Waals surface area contributed by atoms with Gasteiger partial charge in [0, 0.05) is 10.9 Å². The molecule has 0 aliphatic rings. The normalized spacial score (nSPS) is 11.1. The minimum Gasteiger partial charge on any atom is -0.465 e. The van der Waals surface area contributed by atoms with Crippen molar-refractivity contribution in [1.29, 1.82) is 0 Å². The fourth-order valence-electron chi connectivity index (χ4n) is 2.52. The van der Waals surface area contributed by atoms with Crippen LogP contribution in [0.4, 0.5) is 0 Å². The first-order valence-electron chi connectivity index (χ1n) is 6.82. The van der Waals surface area contributed by atoms with Crippen molar-refractivity contribution in [3.05, 3.63) is 54.1 Å².